The molecule has 1 aromatic carbocycles. The van der Waals surface area contributed by atoms with Gasteiger partial charge in [-0.2, -0.15) is 0 Å². The van der Waals surface area contributed by atoms with Gasteiger partial charge in [0.2, 0.25) is 0 Å². The molecule has 1 aromatic rings. The molecule has 1 nitrogen and oxygen atoms in total. The Hall–Kier alpha value is -0.820. The molecule has 0 saturated carbocycles. The van der Waals surface area contributed by atoms with Crippen molar-refractivity contribution >= 4 is 0 Å². The summed E-state index contributed by atoms with van der Waals surface area (Å²) in [4.78, 5) is 0. The van der Waals surface area contributed by atoms with Gasteiger partial charge in [-0.05, 0) is 37.5 Å². The Morgan fingerprint density at radius 1 is 1.25 bits per heavy atom. The van der Waals surface area contributed by atoms with Crippen LogP contribution < -0.4 is 0 Å². The first kappa shape index (κ1) is 9.27. The van der Waals surface area contributed by atoms with Gasteiger partial charge < -0.3 is 4.74 Å². The molecule has 0 aliphatic carbocycles. The van der Waals surface area contributed by atoms with Gasteiger partial charge in [0.05, 0.1) is 6.10 Å². The van der Waals surface area contributed by atoms with Crippen molar-refractivity contribution in [1.82, 2.24) is 0 Å². The van der Waals surface area contributed by atoms with Crippen LogP contribution in [0.15, 0.2) is 18.2 Å². The van der Waals surface area contributed by atoms with E-state index < -0.39 is 0 Å². The van der Waals surface area contributed by atoms with Gasteiger partial charge in [0.1, 0.15) is 0 Å². The normalized spacial score (nSPS) is 13.0. The average Bonchev–Trinajstić information content (AvgIpc) is 2.08. The van der Waals surface area contributed by atoms with Crippen LogP contribution in [0.5, 0.6) is 0 Å². The standard InChI is InChI=1S/C11H16O/c1-8-6-5-7-11(9(8)2)10(3)12-4/h5-7,10H,1-4H3. The molecule has 0 bridgehead atoms. The van der Waals surface area contributed by atoms with Crippen LogP contribution in [-0.2, 0) is 4.74 Å². The molecule has 1 rings (SSSR count). The number of aryl methyl sites for hydroxylation is 1. The largest absolute Gasteiger partial charge is 0.377 e. The van der Waals surface area contributed by atoms with E-state index in [2.05, 4.69) is 39.0 Å². The maximum atomic E-state index is 5.27. The summed E-state index contributed by atoms with van der Waals surface area (Å²) in [6, 6.07) is 6.32. The van der Waals surface area contributed by atoms with Gasteiger partial charge in [-0.15, -0.1) is 0 Å². The number of ether oxygens (including phenoxy) is 1. The first-order valence-electron chi connectivity index (χ1n) is 4.25. The lowest BCUT2D eigenvalue weighted by molar-refractivity contribution is 0.119. The highest BCUT2D eigenvalue weighted by Crippen LogP contribution is 2.21. The van der Waals surface area contributed by atoms with E-state index >= 15 is 0 Å². The van der Waals surface area contributed by atoms with E-state index in [4.69, 9.17) is 4.74 Å². The van der Waals surface area contributed by atoms with E-state index in [0.717, 1.165) is 0 Å². The maximum Gasteiger partial charge on any atom is 0.0795 e. The number of benzene rings is 1. The van der Waals surface area contributed by atoms with Gasteiger partial charge in [-0.25, -0.2) is 0 Å². The average molecular weight is 164 g/mol. The Kier molecular flexibility index (Phi) is 2.88. The van der Waals surface area contributed by atoms with Crippen LogP contribution in [0.3, 0.4) is 0 Å². The van der Waals surface area contributed by atoms with E-state index in [-0.39, 0.29) is 6.10 Å². The van der Waals surface area contributed by atoms with Crippen molar-refractivity contribution < 1.29 is 4.74 Å². The number of methoxy groups -OCH3 is 1. The second-order valence-electron chi connectivity index (χ2n) is 3.17. The summed E-state index contributed by atoms with van der Waals surface area (Å²) in [5.74, 6) is 0. The van der Waals surface area contributed by atoms with E-state index in [1.54, 1.807) is 7.11 Å². The van der Waals surface area contributed by atoms with E-state index in [9.17, 15) is 0 Å². The minimum absolute atomic E-state index is 0.199. The summed E-state index contributed by atoms with van der Waals surface area (Å²) in [6.07, 6.45) is 0.199. The van der Waals surface area contributed by atoms with Gasteiger partial charge in [-0.1, -0.05) is 18.2 Å². The Bertz CT molecular complexity index is 266. The highest BCUT2D eigenvalue weighted by Gasteiger charge is 2.07. The maximum absolute atomic E-state index is 5.27. The van der Waals surface area contributed by atoms with E-state index in [0.29, 0.717) is 0 Å². The second-order valence-corrected chi connectivity index (χ2v) is 3.17. The van der Waals surface area contributed by atoms with Crippen LogP contribution in [0, 0.1) is 13.8 Å². The third-order valence-electron chi connectivity index (χ3n) is 2.44. The SMILES string of the molecule is COC(C)c1cccc(C)c1C. The number of hydrogen-bond acceptors (Lipinski definition) is 1. The summed E-state index contributed by atoms with van der Waals surface area (Å²) in [5.41, 5.74) is 3.96. The third kappa shape index (κ3) is 1.67. The molecule has 0 spiro atoms. The van der Waals surface area contributed by atoms with E-state index in [1.165, 1.54) is 16.7 Å². The summed E-state index contributed by atoms with van der Waals surface area (Å²) >= 11 is 0. The van der Waals surface area contributed by atoms with Crippen LogP contribution in [0.25, 0.3) is 0 Å². The van der Waals surface area contributed by atoms with Crippen molar-refractivity contribution in [3.8, 4) is 0 Å². The Labute approximate surface area is 74.4 Å². The molecule has 0 saturated heterocycles. The lowest BCUT2D eigenvalue weighted by Gasteiger charge is -2.14. The van der Waals surface area contributed by atoms with Crippen molar-refractivity contribution in [2.45, 2.75) is 26.9 Å². The lowest BCUT2D eigenvalue weighted by atomic mass is 10.00. The highest BCUT2D eigenvalue weighted by atomic mass is 16.5. The molecule has 0 fully saturated rings. The zero-order valence-corrected chi connectivity index (χ0v) is 8.22. The zero-order chi connectivity index (χ0) is 9.14. The zero-order valence-electron chi connectivity index (χ0n) is 8.22. The van der Waals surface area contributed by atoms with Gasteiger partial charge in [-0.3, -0.25) is 0 Å². The fraction of sp³-hybridized carbons (Fsp3) is 0.455. The summed E-state index contributed by atoms with van der Waals surface area (Å²) < 4.78 is 5.27. The van der Waals surface area contributed by atoms with E-state index in [1.807, 2.05) is 0 Å². The highest BCUT2D eigenvalue weighted by molar-refractivity contribution is 5.34. The number of rotatable bonds is 2. The molecule has 12 heavy (non-hydrogen) atoms. The van der Waals surface area contributed by atoms with Crippen LogP contribution in [0.1, 0.15) is 29.7 Å². The predicted octanol–water partition coefficient (Wildman–Crippen LogP) is 3.01. The molecule has 1 unspecified atom stereocenters. The minimum Gasteiger partial charge on any atom is -0.377 e. The molecule has 1 heteroatoms. The predicted molar refractivity (Wildman–Crippen MR) is 51.3 cm³/mol. The first-order valence-corrected chi connectivity index (χ1v) is 4.25. The van der Waals surface area contributed by atoms with Crippen LogP contribution in [0.2, 0.25) is 0 Å². The van der Waals surface area contributed by atoms with Gasteiger partial charge in [0.15, 0.2) is 0 Å². The Morgan fingerprint density at radius 2 is 1.92 bits per heavy atom. The summed E-state index contributed by atoms with van der Waals surface area (Å²) in [5, 5.41) is 0. The molecule has 0 N–H and O–H groups in total. The van der Waals surface area contributed by atoms with Crippen molar-refractivity contribution in [3.05, 3.63) is 34.9 Å². The van der Waals surface area contributed by atoms with Gasteiger partial charge in [0.25, 0.3) is 0 Å². The molecule has 66 valence electrons. The molecule has 0 aliphatic rings. The molecule has 0 aromatic heterocycles. The number of hydrogen-bond donors (Lipinski definition) is 0. The van der Waals surface area contributed by atoms with Crippen LogP contribution >= 0.6 is 0 Å². The molecule has 0 heterocycles. The fourth-order valence-corrected chi connectivity index (χ4v) is 1.34. The van der Waals surface area contributed by atoms with Gasteiger partial charge in [0, 0.05) is 7.11 Å². The lowest BCUT2D eigenvalue weighted by Crippen LogP contribution is -1.99. The van der Waals surface area contributed by atoms with Crippen LogP contribution in [0.4, 0.5) is 0 Å². The monoisotopic (exact) mass is 164 g/mol. The topological polar surface area (TPSA) is 9.23 Å². The van der Waals surface area contributed by atoms with Gasteiger partial charge >= 0.3 is 0 Å². The van der Waals surface area contributed by atoms with Crippen molar-refractivity contribution in [1.29, 1.82) is 0 Å². The molecule has 0 radical (unpaired) electrons. The summed E-state index contributed by atoms with van der Waals surface area (Å²) in [7, 11) is 1.74. The third-order valence-corrected chi connectivity index (χ3v) is 2.44. The molecule has 1 atom stereocenters. The van der Waals surface area contributed by atoms with Crippen molar-refractivity contribution in [3.63, 3.8) is 0 Å². The second kappa shape index (κ2) is 3.72. The van der Waals surface area contributed by atoms with Crippen molar-refractivity contribution in [2.75, 3.05) is 7.11 Å². The first-order chi connectivity index (χ1) is 5.66. The fourth-order valence-electron chi connectivity index (χ4n) is 1.34. The molecule has 0 aliphatic heterocycles. The quantitative estimate of drug-likeness (QED) is 0.653. The Balaban J connectivity index is 3.07. The Morgan fingerprint density at radius 3 is 2.50 bits per heavy atom. The summed E-state index contributed by atoms with van der Waals surface area (Å²) in [6.45, 7) is 6.34. The smallest absolute Gasteiger partial charge is 0.0795 e. The molecular formula is C11H16O. The minimum atomic E-state index is 0.199. The molecular weight excluding hydrogens is 148 g/mol. The van der Waals surface area contributed by atoms with Crippen LogP contribution in [-0.4, -0.2) is 7.11 Å². The van der Waals surface area contributed by atoms with Crippen molar-refractivity contribution in [2.24, 2.45) is 0 Å². The molecule has 0 amide bonds.